The number of nitrogens with two attached hydrogens (primary N) is 2. The molecule has 182 valence electrons. The fourth-order valence-electron chi connectivity index (χ4n) is 2.60. The van der Waals surface area contributed by atoms with Crippen LogP contribution in [0, 0.1) is 0 Å². The van der Waals surface area contributed by atoms with Crippen LogP contribution in [0.25, 0.3) is 0 Å². The van der Waals surface area contributed by atoms with Crippen LogP contribution in [-0.4, -0.2) is 79.9 Å². The molecule has 4 amide bonds. The molecule has 0 aliphatic carbocycles. The third-order valence-electron chi connectivity index (χ3n) is 4.33. The topological polar surface area (TPSA) is 260 Å². The van der Waals surface area contributed by atoms with Crippen molar-refractivity contribution in [3.63, 3.8) is 0 Å². The molecule has 15 nitrogen and oxygen atoms in total. The number of primary amides is 1. The van der Waals surface area contributed by atoms with Gasteiger partial charge in [0.05, 0.1) is 18.8 Å². The van der Waals surface area contributed by atoms with Crippen LogP contribution in [0.1, 0.15) is 31.9 Å². The summed E-state index contributed by atoms with van der Waals surface area (Å²) in [5.74, 6) is -6.38. The van der Waals surface area contributed by atoms with Gasteiger partial charge in [0.1, 0.15) is 18.1 Å². The van der Waals surface area contributed by atoms with Gasteiger partial charge in [-0.25, -0.2) is 9.78 Å². The Kier molecular flexibility index (Phi) is 10.4. The molecular formula is C18H27N7O8. The van der Waals surface area contributed by atoms with Gasteiger partial charge < -0.3 is 42.6 Å². The van der Waals surface area contributed by atoms with Gasteiger partial charge in [0.2, 0.25) is 23.6 Å². The van der Waals surface area contributed by atoms with Crippen LogP contribution < -0.4 is 27.4 Å². The molecule has 0 aliphatic rings. The van der Waals surface area contributed by atoms with E-state index in [1.165, 1.54) is 19.4 Å². The number of aromatic amines is 1. The Hall–Kier alpha value is -4.01. The van der Waals surface area contributed by atoms with E-state index in [2.05, 4.69) is 25.9 Å². The number of hydrogen-bond acceptors (Lipinski definition) is 8. The highest BCUT2D eigenvalue weighted by Gasteiger charge is 2.31. The molecule has 10 N–H and O–H groups in total. The molecule has 1 rings (SSSR count). The maximum absolute atomic E-state index is 12.7. The molecule has 0 spiro atoms. The highest BCUT2D eigenvalue weighted by atomic mass is 16.4. The quantitative estimate of drug-likeness (QED) is 0.134. The Labute approximate surface area is 187 Å². The number of nitrogens with zero attached hydrogens (tertiary/aromatic N) is 1. The molecule has 0 aliphatic heterocycles. The summed E-state index contributed by atoms with van der Waals surface area (Å²) in [6, 6.07) is -5.47. The van der Waals surface area contributed by atoms with E-state index in [9.17, 15) is 33.9 Å². The predicted octanol–water partition coefficient (Wildman–Crippen LogP) is -3.42. The second-order valence-corrected chi connectivity index (χ2v) is 7.19. The molecule has 1 aromatic heterocycles. The fraction of sp³-hybridized carbons (Fsp3) is 0.500. The minimum atomic E-state index is -1.58. The SMILES string of the molecule is CC(N)C(=O)NC(CC(=O)O)C(=O)NC(CCC(N)=O)C(=O)NC(Cc1cnc[nH]1)C(=O)O. The Morgan fingerprint density at radius 1 is 1.00 bits per heavy atom. The molecule has 0 aromatic carbocycles. The number of carbonyl (C=O) groups is 6. The lowest BCUT2D eigenvalue weighted by atomic mass is 10.1. The first-order chi connectivity index (χ1) is 15.4. The summed E-state index contributed by atoms with van der Waals surface area (Å²) in [5.41, 5.74) is 10.9. The monoisotopic (exact) mass is 469 g/mol. The summed E-state index contributed by atoms with van der Waals surface area (Å²) in [4.78, 5) is 77.4. The number of rotatable bonds is 14. The molecule has 0 saturated carbocycles. The summed E-state index contributed by atoms with van der Waals surface area (Å²) in [6.45, 7) is 1.32. The van der Waals surface area contributed by atoms with Crippen molar-refractivity contribution >= 4 is 35.6 Å². The lowest BCUT2D eigenvalue weighted by Gasteiger charge is -2.24. The zero-order valence-corrected chi connectivity index (χ0v) is 17.7. The second kappa shape index (κ2) is 12.7. The summed E-state index contributed by atoms with van der Waals surface area (Å²) in [7, 11) is 0. The van der Waals surface area contributed by atoms with E-state index in [1.54, 1.807) is 0 Å². The molecule has 1 aromatic rings. The minimum absolute atomic E-state index is 0.149. The van der Waals surface area contributed by atoms with E-state index >= 15 is 0 Å². The van der Waals surface area contributed by atoms with Crippen molar-refractivity contribution in [2.75, 3.05) is 0 Å². The zero-order chi connectivity index (χ0) is 25.1. The van der Waals surface area contributed by atoms with E-state index in [1.807, 2.05) is 0 Å². The molecule has 1 heterocycles. The molecule has 33 heavy (non-hydrogen) atoms. The van der Waals surface area contributed by atoms with Crippen LogP contribution in [0.2, 0.25) is 0 Å². The summed E-state index contributed by atoms with van der Waals surface area (Å²) >= 11 is 0. The predicted molar refractivity (Wildman–Crippen MR) is 110 cm³/mol. The van der Waals surface area contributed by atoms with Gasteiger partial charge in [0.25, 0.3) is 0 Å². The van der Waals surface area contributed by atoms with Gasteiger partial charge in [0.15, 0.2) is 0 Å². The minimum Gasteiger partial charge on any atom is -0.481 e. The van der Waals surface area contributed by atoms with E-state index in [0.717, 1.165) is 0 Å². The van der Waals surface area contributed by atoms with Crippen LogP contribution in [0.3, 0.4) is 0 Å². The Morgan fingerprint density at radius 2 is 1.58 bits per heavy atom. The largest absolute Gasteiger partial charge is 0.481 e. The summed E-state index contributed by atoms with van der Waals surface area (Å²) in [5, 5.41) is 25.1. The normalized spacial score (nSPS) is 14.2. The number of H-pyrrole nitrogens is 1. The van der Waals surface area contributed by atoms with Crippen LogP contribution in [0.5, 0.6) is 0 Å². The summed E-state index contributed by atoms with van der Waals surface area (Å²) in [6.07, 6.45) is 1.09. The van der Waals surface area contributed by atoms with Gasteiger partial charge in [-0.05, 0) is 13.3 Å². The van der Waals surface area contributed by atoms with Gasteiger partial charge in [0, 0.05) is 24.7 Å². The summed E-state index contributed by atoms with van der Waals surface area (Å²) < 4.78 is 0. The van der Waals surface area contributed by atoms with Crippen LogP contribution in [0.4, 0.5) is 0 Å². The zero-order valence-electron chi connectivity index (χ0n) is 17.7. The van der Waals surface area contributed by atoms with Gasteiger partial charge in [-0.3, -0.25) is 24.0 Å². The van der Waals surface area contributed by atoms with Crippen LogP contribution in [-0.2, 0) is 35.2 Å². The molecule has 0 fully saturated rings. The number of carboxylic acids is 2. The van der Waals surface area contributed by atoms with Crippen LogP contribution in [0.15, 0.2) is 12.5 Å². The molecule has 0 bridgehead atoms. The fourth-order valence-corrected chi connectivity index (χ4v) is 2.60. The number of imidazole rings is 1. The lowest BCUT2D eigenvalue weighted by molar-refractivity contribution is -0.143. The highest BCUT2D eigenvalue weighted by molar-refractivity contribution is 5.95. The third-order valence-corrected chi connectivity index (χ3v) is 4.33. The number of carboxylic acid groups (broad SMARTS) is 2. The van der Waals surface area contributed by atoms with E-state index < -0.39 is 66.2 Å². The molecule has 4 atom stereocenters. The van der Waals surface area contributed by atoms with Gasteiger partial charge in [-0.2, -0.15) is 0 Å². The van der Waals surface area contributed by atoms with E-state index in [0.29, 0.717) is 5.69 Å². The smallest absolute Gasteiger partial charge is 0.326 e. The second-order valence-electron chi connectivity index (χ2n) is 7.19. The Bertz CT molecular complexity index is 871. The van der Waals surface area contributed by atoms with Crippen molar-refractivity contribution in [1.82, 2.24) is 25.9 Å². The van der Waals surface area contributed by atoms with Gasteiger partial charge in [-0.1, -0.05) is 0 Å². The number of aliphatic carboxylic acids is 2. The average molecular weight is 469 g/mol. The van der Waals surface area contributed by atoms with Crippen molar-refractivity contribution in [2.45, 2.75) is 56.8 Å². The van der Waals surface area contributed by atoms with Crippen molar-refractivity contribution in [3.8, 4) is 0 Å². The highest BCUT2D eigenvalue weighted by Crippen LogP contribution is 2.04. The molecule has 4 unspecified atom stereocenters. The maximum atomic E-state index is 12.7. The lowest BCUT2D eigenvalue weighted by Crippen LogP contribution is -2.57. The molecular weight excluding hydrogens is 442 g/mol. The van der Waals surface area contributed by atoms with Crippen LogP contribution >= 0.6 is 0 Å². The maximum Gasteiger partial charge on any atom is 0.326 e. The number of amides is 4. The van der Waals surface area contributed by atoms with Crippen molar-refractivity contribution in [3.05, 3.63) is 18.2 Å². The molecule has 0 radical (unpaired) electrons. The Balaban J connectivity index is 3.00. The molecule has 15 heteroatoms. The van der Waals surface area contributed by atoms with Gasteiger partial charge in [-0.15, -0.1) is 0 Å². The number of hydrogen-bond donors (Lipinski definition) is 8. The number of nitrogens with one attached hydrogen (secondary N) is 4. The van der Waals surface area contributed by atoms with Crippen molar-refractivity contribution in [2.24, 2.45) is 11.5 Å². The number of carbonyl (C=O) groups excluding carboxylic acids is 4. The Morgan fingerprint density at radius 3 is 2.06 bits per heavy atom. The first kappa shape index (κ1) is 27.0. The number of aromatic nitrogens is 2. The van der Waals surface area contributed by atoms with Crippen molar-refractivity contribution in [1.29, 1.82) is 0 Å². The standard InChI is InChI=1S/C18H27N7O8/c1-8(19)15(29)24-11(5-14(27)28)17(31)23-10(2-3-13(20)26)16(30)25-12(18(32)33)4-9-6-21-7-22-9/h6-8,10-12H,2-5,19H2,1H3,(H2,20,26)(H,21,22)(H,23,31)(H,24,29)(H,25,30)(H,27,28)(H,32,33). The van der Waals surface area contributed by atoms with E-state index in [-0.39, 0.29) is 19.3 Å². The third kappa shape index (κ3) is 9.77. The van der Waals surface area contributed by atoms with E-state index in [4.69, 9.17) is 16.6 Å². The average Bonchev–Trinajstić information content (AvgIpc) is 3.22. The first-order valence-corrected chi connectivity index (χ1v) is 9.77. The van der Waals surface area contributed by atoms with Gasteiger partial charge >= 0.3 is 11.9 Å². The van der Waals surface area contributed by atoms with Crippen molar-refractivity contribution < 1.29 is 39.0 Å². The first-order valence-electron chi connectivity index (χ1n) is 9.77. The molecule has 0 saturated heterocycles.